The lowest BCUT2D eigenvalue weighted by atomic mass is 9.95. The van der Waals surface area contributed by atoms with E-state index in [4.69, 9.17) is 10.5 Å². The van der Waals surface area contributed by atoms with Crippen molar-refractivity contribution >= 4 is 11.3 Å². The van der Waals surface area contributed by atoms with Crippen molar-refractivity contribution in [3.8, 4) is 0 Å². The molecule has 2 unspecified atom stereocenters. The van der Waals surface area contributed by atoms with Gasteiger partial charge in [0, 0.05) is 43.1 Å². The van der Waals surface area contributed by atoms with E-state index in [9.17, 15) is 0 Å². The zero-order chi connectivity index (χ0) is 11.7. The molecule has 0 bridgehead atoms. The molecule has 1 aromatic rings. The second-order valence-electron chi connectivity index (χ2n) is 5.14. The number of rotatable bonds is 2. The molecule has 2 aliphatic heterocycles. The van der Waals surface area contributed by atoms with Gasteiger partial charge in [0.1, 0.15) is 0 Å². The minimum atomic E-state index is 0.327. The standard InChI is InChI=1S/C13H20N2OS/c14-12-2-5-16-9-11(12)8-15-4-1-13-10(7-15)3-6-17-13/h3,6,11-12H,1-2,4-5,7-9,14H2. The van der Waals surface area contributed by atoms with Crippen LogP contribution in [0.4, 0.5) is 0 Å². The molecule has 3 nitrogen and oxygen atoms in total. The molecule has 0 amide bonds. The maximum Gasteiger partial charge on any atom is 0.0521 e. The lowest BCUT2D eigenvalue weighted by Crippen LogP contribution is -2.46. The van der Waals surface area contributed by atoms with Gasteiger partial charge in [0.15, 0.2) is 0 Å². The van der Waals surface area contributed by atoms with Crippen LogP contribution in [0.15, 0.2) is 11.4 Å². The average molecular weight is 252 g/mol. The van der Waals surface area contributed by atoms with Gasteiger partial charge in [-0.05, 0) is 29.9 Å². The Hall–Kier alpha value is -0.420. The summed E-state index contributed by atoms with van der Waals surface area (Å²) in [5, 5.41) is 2.21. The van der Waals surface area contributed by atoms with E-state index in [2.05, 4.69) is 16.3 Å². The predicted molar refractivity (Wildman–Crippen MR) is 70.2 cm³/mol. The highest BCUT2D eigenvalue weighted by atomic mass is 32.1. The van der Waals surface area contributed by atoms with E-state index in [0.29, 0.717) is 12.0 Å². The monoisotopic (exact) mass is 252 g/mol. The zero-order valence-electron chi connectivity index (χ0n) is 10.1. The van der Waals surface area contributed by atoms with E-state index < -0.39 is 0 Å². The van der Waals surface area contributed by atoms with Gasteiger partial charge < -0.3 is 10.5 Å². The van der Waals surface area contributed by atoms with Gasteiger partial charge in [-0.2, -0.15) is 0 Å². The van der Waals surface area contributed by atoms with E-state index >= 15 is 0 Å². The fraction of sp³-hybridized carbons (Fsp3) is 0.692. The van der Waals surface area contributed by atoms with Crippen LogP contribution >= 0.6 is 11.3 Å². The van der Waals surface area contributed by atoms with Crippen LogP contribution in [-0.4, -0.2) is 37.2 Å². The lowest BCUT2D eigenvalue weighted by molar-refractivity contribution is 0.0242. The molecule has 0 saturated carbocycles. The van der Waals surface area contributed by atoms with E-state index in [1.807, 2.05) is 11.3 Å². The highest BCUT2D eigenvalue weighted by Gasteiger charge is 2.26. The first-order chi connectivity index (χ1) is 8.33. The first kappa shape index (κ1) is 11.7. The van der Waals surface area contributed by atoms with Crippen LogP contribution in [-0.2, 0) is 17.7 Å². The Morgan fingerprint density at radius 2 is 2.47 bits per heavy atom. The molecule has 17 heavy (non-hydrogen) atoms. The second kappa shape index (κ2) is 5.06. The number of nitrogens with two attached hydrogens (primary N) is 1. The van der Waals surface area contributed by atoms with Crippen LogP contribution in [0.3, 0.4) is 0 Å². The Balaban J connectivity index is 1.60. The highest BCUT2D eigenvalue weighted by Crippen LogP contribution is 2.25. The third kappa shape index (κ3) is 2.55. The molecule has 0 radical (unpaired) electrons. The molecule has 0 aromatic carbocycles. The summed E-state index contributed by atoms with van der Waals surface area (Å²) >= 11 is 1.90. The van der Waals surface area contributed by atoms with Crippen molar-refractivity contribution in [2.24, 2.45) is 11.7 Å². The predicted octanol–water partition coefficient (Wildman–Crippen LogP) is 1.47. The minimum Gasteiger partial charge on any atom is -0.381 e. The summed E-state index contributed by atoms with van der Waals surface area (Å²) in [4.78, 5) is 4.11. The number of thiophene rings is 1. The van der Waals surface area contributed by atoms with E-state index in [0.717, 1.165) is 32.7 Å². The van der Waals surface area contributed by atoms with Crippen LogP contribution in [0, 0.1) is 5.92 Å². The first-order valence-electron chi connectivity index (χ1n) is 6.44. The summed E-state index contributed by atoms with van der Waals surface area (Å²) in [6, 6.07) is 2.59. The van der Waals surface area contributed by atoms with Gasteiger partial charge in [0.05, 0.1) is 6.61 Å². The Morgan fingerprint density at radius 3 is 3.35 bits per heavy atom. The quantitative estimate of drug-likeness (QED) is 0.866. The van der Waals surface area contributed by atoms with E-state index in [-0.39, 0.29) is 0 Å². The Bertz CT molecular complexity index is 379. The number of nitrogens with zero attached hydrogens (tertiary/aromatic N) is 1. The molecule has 2 N–H and O–H groups in total. The smallest absolute Gasteiger partial charge is 0.0521 e. The number of hydrogen-bond donors (Lipinski definition) is 1. The Labute approximate surface area is 107 Å². The van der Waals surface area contributed by atoms with Crippen molar-refractivity contribution < 1.29 is 4.74 Å². The molecule has 94 valence electrons. The van der Waals surface area contributed by atoms with Gasteiger partial charge in [0.2, 0.25) is 0 Å². The van der Waals surface area contributed by atoms with Crippen molar-refractivity contribution in [2.75, 3.05) is 26.3 Å². The minimum absolute atomic E-state index is 0.327. The first-order valence-corrected chi connectivity index (χ1v) is 7.32. The van der Waals surface area contributed by atoms with Crippen LogP contribution in [0.1, 0.15) is 16.9 Å². The Kier molecular flexibility index (Phi) is 3.47. The molecule has 0 aliphatic carbocycles. The van der Waals surface area contributed by atoms with Gasteiger partial charge in [-0.1, -0.05) is 0 Å². The van der Waals surface area contributed by atoms with Crippen LogP contribution in [0.5, 0.6) is 0 Å². The molecule has 2 atom stereocenters. The topological polar surface area (TPSA) is 38.5 Å². The van der Waals surface area contributed by atoms with Crippen LogP contribution < -0.4 is 5.73 Å². The normalized spacial score (nSPS) is 30.2. The molecule has 0 spiro atoms. The Morgan fingerprint density at radius 1 is 1.53 bits per heavy atom. The SMILES string of the molecule is NC1CCOCC1CN1CCc2sccc2C1. The van der Waals surface area contributed by atoms with E-state index in [1.54, 1.807) is 4.88 Å². The summed E-state index contributed by atoms with van der Waals surface area (Å²) in [5.41, 5.74) is 7.69. The van der Waals surface area contributed by atoms with Crippen LogP contribution in [0.2, 0.25) is 0 Å². The highest BCUT2D eigenvalue weighted by molar-refractivity contribution is 7.10. The zero-order valence-corrected chi connectivity index (χ0v) is 10.9. The average Bonchev–Trinajstić information content (AvgIpc) is 2.79. The number of hydrogen-bond acceptors (Lipinski definition) is 4. The fourth-order valence-electron chi connectivity index (χ4n) is 2.80. The summed E-state index contributed by atoms with van der Waals surface area (Å²) in [7, 11) is 0. The second-order valence-corrected chi connectivity index (χ2v) is 6.14. The van der Waals surface area contributed by atoms with Crippen molar-refractivity contribution in [3.63, 3.8) is 0 Å². The van der Waals surface area contributed by atoms with Gasteiger partial charge in [-0.15, -0.1) is 11.3 Å². The summed E-state index contributed by atoms with van der Waals surface area (Å²) in [6.45, 7) is 5.05. The third-order valence-corrected chi connectivity index (χ3v) is 4.94. The van der Waals surface area contributed by atoms with Gasteiger partial charge in [-0.25, -0.2) is 0 Å². The largest absolute Gasteiger partial charge is 0.381 e. The lowest BCUT2D eigenvalue weighted by Gasteiger charge is -2.35. The molecule has 1 fully saturated rings. The van der Waals surface area contributed by atoms with Crippen molar-refractivity contribution in [1.29, 1.82) is 0 Å². The van der Waals surface area contributed by atoms with Gasteiger partial charge >= 0.3 is 0 Å². The summed E-state index contributed by atoms with van der Waals surface area (Å²) in [5.74, 6) is 0.518. The van der Waals surface area contributed by atoms with Crippen molar-refractivity contribution in [3.05, 3.63) is 21.9 Å². The molecular weight excluding hydrogens is 232 g/mol. The summed E-state index contributed by atoms with van der Waals surface area (Å²) < 4.78 is 5.54. The molecular formula is C13H20N2OS. The van der Waals surface area contributed by atoms with Gasteiger partial charge in [0.25, 0.3) is 0 Å². The molecule has 1 aromatic heterocycles. The van der Waals surface area contributed by atoms with Gasteiger partial charge in [-0.3, -0.25) is 4.90 Å². The van der Waals surface area contributed by atoms with Crippen molar-refractivity contribution in [2.45, 2.75) is 25.4 Å². The number of fused-ring (bicyclic) bond motifs is 1. The maximum atomic E-state index is 6.17. The molecule has 1 saturated heterocycles. The number of ether oxygens (including phenoxy) is 1. The molecule has 3 heterocycles. The van der Waals surface area contributed by atoms with Crippen molar-refractivity contribution in [1.82, 2.24) is 4.90 Å². The third-order valence-electron chi connectivity index (χ3n) is 3.91. The fourth-order valence-corrected chi connectivity index (χ4v) is 3.69. The molecule has 2 aliphatic rings. The van der Waals surface area contributed by atoms with E-state index in [1.165, 1.54) is 18.5 Å². The summed E-state index contributed by atoms with van der Waals surface area (Å²) in [6.07, 6.45) is 2.22. The molecule has 4 heteroatoms. The maximum absolute atomic E-state index is 6.17. The van der Waals surface area contributed by atoms with Crippen LogP contribution in [0.25, 0.3) is 0 Å². The molecule has 3 rings (SSSR count).